The van der Waals surface area contributed by atoms with Crippen LogP contribution in [0.25, 0.3) is 0 Å². The van der Waals surface area contributed by atoms with Gasteiger partial charge in [0.2, 0.25) is 5.91 Å². The third kappa shape index (κ3) is 2.48. The van der Waals surface area contributed by atoms with E-state index in [0.29, 0.717) is 36.7 Å². The molecule has 92 valence electrons. The van der Waals surface area contributed by atoms with Gasteiger partial charge in [0.1, 0.15) is 0 Å². The maximum Gasteiger partial charge on any atom is 0.226 e. The average Bonchev–Trinajstić information content (AvgIpc) is 2.89. The second-order valence-electron chi connectivity index (χ2n) is 4.98. The van der Waals surface area contributed by atoms with Crippen molar-refractivity contribution in [2.75, 3.05) is 24.8 Å². The number of rotatable bonds is 5. The van der Waals surface area contributed by atoms with Crippen LogP contribution >= 0.6 is 23.2 Å². The number of halogens is 2. The van der Waals surface area contributed by atoms with Gasteiger partial charge in [0.05, 0.1) is 0 Å². The standard InChI is InChI=1S/C12H19Cl2NO/c13-3-5-15(6-4-14)12(16)11-8-9-1-2-10(11)7-9/h9-11H,1-8H2. The zero-order chi connectivity index (χ0) is 11.5. The van der Waals surface area contributed by atoms with E-state index in [4.69, 9.17) is 23.2 Å². The van der Waals surface area contributed by atoms with Crippen molar-refractivity contribution in [1.82, 2.24) is 4.90 Å². The molecule has 2 aliphatic carbocycles. The van der Waals surface area contributed by atoms with Gasteiger partial charge in [-0.15, -0.1) is 23.2 Å². The Morgan fingerprint density at radius 1 is 1.12 bits per heavy atom. The first-order chi connectivity index (χ1) is 7.76. The van der Waals surface area contributed by atoms with Gasteiger partial charge in [-0.05, 0) is 31.1 Å². The maximum atomic E-state index is 12.3. The predicted octanol–water partition coefficient (Wildman–Crippen LogP) is 2.73. The lowest BCUT2D eigenvalue weighted by molar-refractivity contribution is -0.136. The largest absolute Gasteiger partial charge is 0.340 e. The summed E-state index contributed by atoms with van der Waals surface area (Å²) < 4.78 is 0. The normalized spacial score (nSPS) is 32.0. The van der Waals surface area contributed by atoms with Gasteiger partial charge < -0.3 is 4.90 Å². The molecule has 0 aliphatic heterocycles. The Bertz CT molecular complexity index is 253. The quantitative estimate of drug-likeness (QED) is 0.699. The highest BCUT2D eigenvalue weighted by Gasteiger charge is 2.44. The van der Waals surface area contributed by atoms with E-state index in [9.17, 15) is 4.79 Å². The van der Waals surface area contributed by atoms with Gasteiger partial charge in [-0.1, -0.05) is 6.42 Å². The van der Waals surface area contributed by atoms with Gasteiger partial charge in [0.25, 0.3) is 0 Å². The van der Waals surface area contributed by atoms with E-state index in [2.05, 4.69) is 0 Å². The van der Waals surface area contributed by atoms with E-state index >= 15 is 0 Å². The molecule has 0 heterocycles. The van der Waals surface area contributed by atoms with Crippen LogP contribution in [0.1, 0.15) is 25.7 Å². The van der Waals surface area contributed by atoms with Gasteiger partial charge in [-0.2, -0.15) is 0 Å². The first kappa shape index (κ1) is 12.5. The molecule has 0 N–H and O–H groups in total. The van der Waals surface area contributed by atoms with E-state index in [1.54, 1.807) is 0 Å². The smallest absolute Gasteiger partial charge is 0.226 e. The number of hydrogen-bond donors (Lipinski definition) is 0. The summed E-state index contributed by atoms with van der Waals surface area (Å²) in [6, 6.07) is 0. The molecule has 0 saturated heterocycles. The molecule has 4 heteroatoms. The summed E-state index contributed by atoms with van der Waals surface area (Å²) in [6.45, 7) is 1.28. The Morgan fingerprint density at radius 3 is 2.25 bits per heavy atom. The van der Waals surface area contributed by atoms with E-state index < -0.39 is 0 Å². The van der Waals surface area contributed by atoms with E-state index in [-0.39, 0.29) is 5.92 Å². The first-order valence-corrected chi connectivity index (χ1v) is 7.24. The van der Waals surface area contributed by atoms with Crippen LogP contribution in [-0.4, -0.2) is 35.7 Å². The summed E-state index contributed by atoms with van der Waals surface area (Å²) >= 11 is 11.4. The summed E-state index contributed by atoms with van der Waals surface area (Å²) in [7, 11) is 0. The van der Waals surface area contributed by atoms with E-state index in [1.165, 1.54) is 19.3 Å². The Hall–Kier alpha value is 0.0500. The Kier molecular flexibility index (Phi) is 4.37. The summed E-state index contributed by atoms with van der Waals surface area (Å²) in [5.74, 6) is 3.03. The predicted molar refractivity (Wildman–Crippen MR) is 67.0 cm³/mol. The van der Waals surface area contributed by atoms with Crippen molar-refractivity contribution in [3.05, 3.63) is 0 Å². The topological polar surface area (TPSA) is 20.3 Å². The van der Waals surface area contributed by atoms with Gasteiger partial charge in [-0.3, -0.25) is 4.79 Å². The molecule has 2 saturated carbocycles. The number of carbonyl (C=O) groups is 1. The number of alkyl halides is 2. The lowest BCUT2D eigenvalue weighted by atomic mass is 9.88. The van der Waals surface area contributed by atoms with Gasteiger partial charge in [0, 0.05) is 30.8 Å². The van der Waals surface area contributed by atoms with Crippen LogP contribution in [-0.2, 0) is 4.79 Å². The van der Waals surface area contributed by atoms with Crippen LogP contribution < -0.4 is 0 Å². The Balaban J connectivity index is 1.94. The molecule has 2 bridgehead atoms. The van der Waals surface area contributed by atoms with Crippen LogP contribution in [0.2, 0.25) is 0 Å². The molecular formula is C12H19Cl2NO. The minimum atomic E-state index is 0.269. The fraction of sp³-hybridized carbons (Fsp3) is 0.917. The van der Waals surface area contributed by atoms with Crippen LogP contribution in [0.5, 0.6) is 0 Å². The summed E-state index contributed by atoms with van der Waals surface area (Å²) in [5, 5.41) is 0. The third-order valence-corrected chi connectivity index (χ3v) is 4.41. The van der Waals surface area contributed by atoms with Gasteiger partial charge >= 0.3 is 0 Å². The molecule has 2 fully saturated rings. The van der Waals surface area contributed by atoms with Crippen molar-refractivity contribution >= 4 is 29.1 Å². The lowest BCUT2D eigenvalue weighted by Gasteiger charge is -2.28. The van der Waals surface area contributed by atoms with Crippen LogP contribution in [0.3, 0.4) is 0 Å². The molecule has 0 spiro atoms. The van der Waals surface area contributed by atoms with Crippen LogP contribution in [0.15, 0.2) is 0 Å². The maximum absolute atomic E-state index is 12.3. The molecule has 2 aliphatic rings. The van der Waals surface area contributed by atoms with E-state index in [1.807, 2.05) is 4.90 Å². The summed E-state index contributed by atoms with van der Waals surface area (Å²) in [4.78, 5) is 14.2. The zero-order valence-corrected chi connectivity index (χ0v) is 11.0. The summed E-state index contributed by atoms with van der Waals surface area (Å²) in [6.07, 6.45) is 4.95. The molecule has 2 rings (SSSR count). The van der Waals surface area contributed by atoms with Crippen molar-refractivity contribution < 1.29 is 4.79 Å². The van der Waals surface area contributed by atoms with Crippen molar-refractivity contribution in [2.45, 2.75) is 25.7 Å². The number of fused-ring (bicyclic) bond motifs is 2. The highest BCUT2D eigenvalue weighted by atomic mass is 35.5. The zero-order valence-electron chi connectivity index (χ0n) is 9.50. The second-order valence-corrected chi connectivity index (χ2v) is 5.74. The van der Waals surface area contributed by atoms with Crippen molar-refractivity contribution in [2.24, 2.45) is 17.8 Å². The molecule has 1 amide bonds. The fourth-order valence-corrected chi connectivity index (χ4v) is 3.73. The lowest BCUT2D eigenvalue weighted by Crippen LogP contribution is -2.40. The highest BCUT2D eigenvalue weighted by Crippen LogP contribution is 2.48. The number of hydrogen-bond acceptors (Lipinski definition) is 1. The van der Waals surface area contributed by atoms with Crippen molar-refractivity contribution in [3.8, 4) is 0 Å². The molecule has 0 aromatic heterocycles. The molecule has 0 radical (unpaired) electrons. The van der Waals surface area contributed by atoms with E-state index in [0.717, 1.165) is 12.3 Å². The highest BCUT2D eigenvalue weighted by molar-refractivity contribution is 6.18. The minimum Gasteiger partial charge on any atom is -0.340 e. The van der Waals surface area contributed by atoms with Crippen molar-refractivity contribution in [3.63, 3.8) is 0 Å². The Morgan fingerprint density at radius 2 is 1.81 bits per heavy atom. The molecular weight excluding hydrogens is 245 g/mol. The molecule has 16 heavy (non-hydrogen) atoms. The first-order valence-electron chi connectivity index (χ1n) is 6.17. The Labute approximate surface area is 107 Å². The minimum absolute atomic E-state index is 0.269. The SMILES string of the molecule is O=C(C1CC2CCC1C2)N(CCCl)CCCl. The number of nitrogens with zero attached hydrogens (tertiary/aromatic N) is 1. The van der Waals surface area contributed by atoms with Gasteiger partial charge in [-0.25, -0.2) is 0 Å². The molecule has 0 aromatic carbocycles. The number of carbonyl (C=O) groups excluding carboxylic acids is 1. The number of amides is 1. The second kappa shape index (κ2) is 5.59. The summed E-state index contributed by atoms with van der Waals surface area (Å²) in [5.41, 5.74) is 0. The average molecular weight is 264 g/mol. The third-order valence-electron chi connectivity index (χ3n) is 4.08. The molecule has 2 nitrogen and oxygen atoms in total. The monoisotopic (exact) mass is 263 g/mol. The van der Waals surface area contributed by atoms with Crippen LogP contribution in [0.4, 0.5) is 0 Å². The molecule has 0 aromatic rings. The fourth-order valence-electron chi connectivity index (χ4n) is 3.32. The molecule has 3 unspecified atom stereocenters. The van der Waals surface area contributed by atoms with Gasteiger partial charge in [0.15, 0.2) is 0 Å². The molecule has 3 atom stereocenters. The van der Waals surface area contributed by atoms with Crippen molar-refractivity contribution in [1.29, 1.82) is 0 Å². The van der Waals surface area contributed by atoms with Crippen LogP contribution in [0, 0.1) is 17.8 Å².